The summed E-state index contributed by atoms with van der Waals surface area (Å²) in [5, 5.41) is 3.03. The molecule has 0 spiro atoms. The number of hydrogen-bond acceptors (Lipinski definition) is 4. The van der Waals surface area contributed by atoms with Crippen molar-refractivity contribution in [1.82, 2.24) is 14.1 Å². The molecule has 1 amide bonds. The van der Waals surface area contributed by atoms with Crippen LogP contribution >= 0.6 is 0 Å². The number of rotatable bonds is 3. The van der Waals surface area contributed by atoms with E-state index in [0.717, 1.165) is 10.1 Å². The SMILES string of the molecule is Cn1c(=O)c2cc(NC(=O)C3CC3c3ccc(F)cc3)cnc2n(C)c1=O. The van der Waals surface area contributed by atoms with E-state index in [1.165, 1.54) is 43.1 Å². The number of pyridine rings is 1. The number of anilines is 1. The quantitative estimate of drug-likeness (QED) is 0.759. The van der Waals surface area contributed by atoms with Gasteiger partial charge in [-0.1, -0.05) is 12.1 Å². The number of carbonyl (C=O) groups excluding carboxylic acids is 1. The summed E-state index contributed by atoms with van der Waals surface area (Å²) in [5.74, 6) is -0.618. The van der Waals surface area contributed by atoms with Gasteiger partial charge in [0.1, 0.15) is 11.5 Å². The average molecular weight is 368 g/mol. The van der Waals surface area contributed by atoms with E-state index in [9.17, 15) is 18.8 Å². The van der Waals surface area contributed by atoms with Gasteiger partial charge in [0.2, 0.25) is 5.91 Å². The monoisotopic (exact) mass is 368 g/mol. The molecule has 1 N–H and O–H groups in total. The molecule has 0 saturated heterocycles. The number of halogens is 1. The van der Waals surface area contributed by atoms with Crippen LogP contribution in [0.5, 0.6) is 0 Å². The minimum absolute atomic E-state index is 0.0627. The third-order valence-electron chi connectivity index (χ3n) is 4.99. The number of aromatic nitrogens is 3. The van der Waals surface area contributed by atoms with E-state index in [0.29, 0.717) is 12.1 Å². The molecule has 2 heterocycles. The zero-order chi connectivity index (χ0) is 19.3. The summed E-state index contributed by atoms with van der Waals surface area (Å²) in [5.41, 5.74) is 0.658. The highest BCUT2D eigenvalue weighted by Crippen LogP contribution is 2.47. The van der Waals surface area contributed by atoms with Crippen LogP contribution in [-0.4, -0.2) is 20.0 Å². The molecule has 0 radical (unpaired) electrons. The van der Waals surface area contributed by atoms with E-state index >= 15 is 0 Å². The molecule has 4 rings (SSSR count). The fraction of sp³-hybridized carbons (Fsp3) is 0.263. The highest BCUT2D eigenvalue weighted by atomic mass is 19.1. The zero-order valence-electron chi connectivity index (χ0n) is 14.8. The maximum absolute atomic E-state index is 13.0. The topological polar surface area (TPSA) is 86.0 Å². The Hall–Kier alpha value is -3.29. The highest BCUT2D eigenvalue weighted by molar-refractivity contribution is 5.96. The van der Waals surface area contributed by atoms with Crippen molar-refractivity contribution in [2.24, 2.45) is 20.0 Å². The number of nitrogens with one attached hydrogen (secondary N) is 1. The van der Waals surface area contributed by atoms with E-state index in [1.54, 1.807) is 12.1 Å². The third-order valence-corrected chi connectivity index (χ3v) is 4.99. The molecule has 1 aliphatic carbocycles. The van der Waals surface area contributed by atoms with Crippen molar-refractivity contribution in [2.75, 3.05) is 5.32 Å². The molecule has 27 heavy (non-hydrogen) atoms. The lowest BCUT2D eigenvalue weighted by atomic mass is 10.1. The predicted molar refractivity (Wildman–Crippen MR) is 98.1 cm³/mol. The summed E-state index contributed by atoms with van der Waals surface area (Å²) in [4.78, 5) is 40.9. The van der Waals surface area contributed by atoms with E-state index in [-0.39, 0.29) is 34.6 Å². The standard InChI is InChI=1S/C19H17FN4O3/c1-23-16-15(18(26)24(2)19(23)27)7-12(9-21-16)22-17(25)14-8-13(14)10-3-5-11(20)6-4-10/h3-7,9,13-14H,8H2,1-2H3,(H,22,25). The van der Waals surface area contributed by atoms with Crippen molar-refractivity contribution in [1.29, 1.82) is 0 Å². The molecule has 1 aliphatic rings. The fourth-order valence-corrected chi connectivity index (χ4v) is 3.33. The van der Waals surface area contributed by atoms with Crippen LogP contribution in [-0.2, 0) is 18.9 Å². The molecular formula is C19H17FN4O3. The van der Waals surface area contributed by atoms with Gasteiger partial charge in [-0.2, -0.15) is 0 Å². The predicted octanol–water partition coefficient (Wildman–Crippen LogP) is 1.51. The van der Waals surface area contributed by atoms with Gasteiger partial charge in [-0.25, -0.2) is 14.2 Å². The Morgan fingerprint density at radius 2 is 1.89 bits per heavy atom. The van der Waals surface area contributed by atoms with Crippen LogP contribution in [0.1, 0.15) is 17.9 Å². The van der Waals surface area contributed by atoms with Crippen molar-refractivity contribution in [3.63, 3.8) is 0 Å². The summed E-state index contributed by atoms with van der Waals surface area (Å²) in [6.45, 7) is 0. The van der Waals surface area contributed by atoms with Crippen LogP contribution in [0.4, 0.5) is 10.1 Å². The lowest BCUT2D eigenvalue weighted by Gasteiger charge is -2.09. The van der Waals surface area contributed by atoms with E-state index in [4.69, 9.17) is 0 Å². The average Bonchev–Trinajstić information content (AvgIpc) is 3.46. The van der Waals surface area contributed by atoms with Gasteiger partial charge in [-0.15, -0.1) is 0 Å². The summed E-state index contributed by atoms with van der Waals surface area (Å²) in [6.07, 6.45) is 2.11. The number of aryl methyl sites for hydroxylation is 1. The second-order valence-electron chi connectivity index (χ2n) is 6.79. The van der Waals surface area contributed by atoms with Crippen LogP contribution in [0.15, 0.2) is 46.1 Å². The second-order valence-corrected chi connectivity index (χ2v) is 6.79. The van der Waals surface area contributed by atoms with Crippen molar-refractivity contribution in [3.05, 3.63) is 68.7 Å². The zero-order valence-corrected chi connectivity index (χ0v) is 14.8. The van der Waals surface area contributed by atoms with Crippen molar-refractivity contribution >= 4 is 22.6 Å². The van der Waals surface area contributed by atoms with Gasteiger partial charge in [0.05, 0.1) is 17.3 Å². The first-order chi connectivity index (χ1) is 12.9. The number of amides is 1. The Kier molecular flexibility index (Phi) is 3.91. The van der Waals surface area contributed by atoms with Gasteiger partial charge in [0.15, 0.2) is 0 Å². The van der Waals surface area contributed by atoms with E-state index in [2.05, 4.69) is 10.3 Å². The Morgan fingerprint density at radius 1 is 1.19 bits per heavy atom. The molecule has 0 bridgehead atoms. The Balaban J connectivity index is 1.57. The van der Waals surface area contributed by atoms with Crippen molar-refractivity contribution < 1.29 is 9.18 Å². The third kappa shape index (κ3) is 2.92. The van der Waals surface area contributed by atoms with Crippen LogP contribution < -0.4 is 16.6 Å². The normalized spacial score (nSPS) is 18.5. The molecule has 8 heteroatoms. The maximum atomic E-state index is 13.0. The molecule has 3 aromatic rings. The second kappa shape index (κ2) is 6.15. The number of nitrogens with zero attached hydrogens (tertiary/aromatic N) is 3. The summed E-state index contributed by atoms with van der Waals surface area (Å²) in [7, 11) is 2.93. The van der Waals surface area contributed by atoms with Crippen LogP contribution in [0.3, 0.4) is 0 Å². The van der Waals surface area contributed by atoms with Crippen LogP contribution in [0, 0.1) is 11.7 Å². The maximum Gasteiger partial charge on any atom is 0.332 e. The van der Waals surface area contributed by atoms with E-state index in [1.807, 2.05) is 0 Å². The molecule has 0 aliphatic heterocycles. The van der Waals surface area contributed by atoms with Gasteiger partial charge in [-0.05, 0) is 36.1 Å². The minimum Gasteiger partial charge on any atom is -0.324 e. The number of hydrogen-bond donors (Lipinski definition) is 1. The molecule has 138 valence electrons. The molecule has 2 unspecified atom stereocenters. The van der Waals surface area contributed by atoms with E-state index < -0.39 is 11.2 Å². The van der Waals surface area contributed by atoms with Crippen LogP contribution in [0.2, 0.25) is 0 Å². The summed E-state index contributed by atoms with van der Waals surface area (Å²) in [6, 6.07) is 7.67. The molecule has 7 nitrogen and oxygen atoms in total. The molecule has 1 saturated carbocycles. The van der Waals surface area contributed by atoms with Gasteiger partial charge in [-0.3, -0.25) is 18.7 Å². The molecular weight excluding hydrogens is 351 g/mol. The first kappa shape index (κ1) is 17.1. The first-order valence-corrected chi connectivity index (χ1v) is 8.49. The smallest absolute Gasteiger partial charge is 0.324 e. The summed E-state index contributed by atoms with van der Waals surface area (Å²) < 4.78 is 15.3. The van der Waals surface area contributed by atoms with Gasteiger partial charge in [0, 0.05) is 20.0 Å². The first-order valence-electron chi connectivity index (χ1n) is 8.49. The number of fused-ring (bicyclic) bond motifs is 1. The molecule has 2 aromatic heterocycles. The number of carbonyl (C=O) groups is 1. The minimum atomic E-state index is -0.465. The van der Waals surface area contributed by atoms with Crippen molar-refractivity contribution in [2.45, 2.75) is 12.3 Å². The lowest BCUT2D eigenvalue weighted by Crippen LogP contribution is -2.37. The Morgan fingerprint density at radius 3 is 2.59 bits per heavy atom. The lowest BCUT2D eigenvalue weighted by molar-refractivity contribution is -0.117. The van der Waals surface area contributed by atoms with Gasteiger partial charge in [0.25, 0.3) is 5.56 Å². The summed E-state index contributed by atoms with van der Waals surface area (Å²) >= 11 is 0. The van der Waals surface area contributed by atoms with Crippen molar-refractivity contribution in [3.8, 4) is 0 Å². The highest BCUT2D eigenvalue weighted by Gasteiger charge is 2.43. The Labute approximate surface area is 153 Å². The number of benzene rings is 1. The molecule has 2 atom stereocenters. The fourth-order valence-electron chi connectivity index (χ4n) is 3.33. The largest absolute Gasteiger partial charge is 0.332 e. The van der Waals surface area contributed by atoms with Crippen LogP contribution in [0.25, 0.3) is 11.0 Å². The van der Waals surface area contributed by atoms with Gasteiger partial charge >= 0.3 is 5.69 Å². The molecule has 1 fully saturated rings. The molecule has 1 aromatic carbocycles. The van der Waals surface area contributed by atoms with Gasteiger partial charge < -0.3 is 5.32 Å². The Bertz CT molecular complexity index is 1180.